The highest BCUT2D eigenvalue weighted by Crippen LogP contribution is 2.23. The molecule has 0 bridgehead atoms. The minimum atomic E-state index is -1.14. The summed E-state index contributed by atoms with van der Waals surface area (Å²) in [5, 5.41) is 8.82. The summed E-state index contributed by atoms with van der Waals surface area (Å²) in [7, 11) is 0. The molecule has 0 radical (unpaired) electrons. The average molecular weight is 263 g/mol. The third-order valence-electron chi connectivity index (χ3n) is 2.34. The fourth-order valence-electron chi connectivity index (χ4n) is 1.41. The summed E-state index contributed by atoms with van der Waals surface area (Å²) < 4.78 is 19.0. The molecule has 0 aliphatic carbocycles. The summed E-state index contributed by atoms with van der Waals surface area (Å²) >= 11 is 0. The monoisotopic (exact) mass is 263 g/mol. The van der Waals surface area contributed by atoms with E-state index in [1.54, 1.807) is 6.92 Å². The Morgan fingerprint density at radius 1 is 1.42 bits per heavy atom. The van der Waals surface area contributed by atoms with Gasteiger partial charge in [-0.1, -0.05) is 6.92 Å². The molecule has 2 rings (SSSR count). The maximum atomic E-state index is 13.8. The maximum absolute atomic E-state index is 13.8. The highest BCUT2D eigenvalue weighted by molar-refractivity contribution is 5.87. The highest BCUT2D eigenvalue weighted by atomic mass is 19.1. The molecule has 98 valence electrons. The molecule has 0 fully saturated rings. The average Bonchev–Trinajstić information content (AvgIpc) is 2.41. The number of carbonyl (C=O) groups is 1. The summed E-state index contributed by atoms with van der Waals surface area (Å²) in [6, 6.07) is 1.24. The first-order chi connectivity index (χ1) is 9.11. The van der Waals surface area contributed by atoms with Crippen molar-refractivity contribution in [2.45, 2.75) is 13.3 Å². The zero-order valence-electron chi connectivity index (χ0n) is 10.00. The summed E-state index contributed by atoms with van der Waals surface area (Å²) in [5.41, 5.74) is 0.176. The van der Waals surface area contributed by atoms with Crippen LogP contribution >= 0.6 is 0 Å². The van der Waals surface area contributed by atoms with Gasteiger partial charge in [-0.15, -0.1) is 0 Å². The molecule has 0 saturated heterocycles. The van der Waals surface area contributed by atoms with Gasteiger partial charge >= 0.3 is 5.97 Å². The molecule has 1 N–H and O–H groups in total. The van der Waals surface area contributed by atoms with Crippen LogP contribution in [-0.2, 0) is 6.42 Å². The number of carboxylic acids is 1. The van der Waals surface area contributed by atoms with Crippen LogP contribution in [0, 0.1) is 5.82 Å². The van der Waals surface area contributed by atoms with Gasteiger partial charge in [0.2, 0.25) is 5.82 Å². The Hall–Kier alpha value is -2.57. The molecule has 0 atom stereocenters. The fourth-order valence-corrected chi connectivity index (χ4v) is 1.41. The number of aryl methyl sites for hydroxylation is 1. The van der Waals surface area contributed by atoms with E-state index in [-0.39, 0.29) is 22.9 Å². The van der Waals surface area contributed by atoms with Crippen molar-refractivity contribution in [2.75, 3.05) is 0 Å². The number of nitrogens with zero attached hydrogens (tertiary/aromatic N) is 3. The van der Waals surface area contributed by atoms with Crippen molar-refractivity contribution >= 4 is 5.97 Å². The number of rotatable bonds is 4. The van der Waals surface area contributed by atoms with Crippen LogP contribution in [0.3, 0.4) is 0 Å². The van der Waals surface area contributed by atoms with Crippen LogP contribution in [0.25, 0.3) is 0 Å². The topological polar surface area (TPSA) is 85.2 Å². The molecule has 0 aliphatic heterocycles. The quantitative estimate of drug-likeness (QED) is 0.908. The van der Waals surface area contributed by atoms with Crippen LogP contribution in [0.4, 0.5) is 4.39 Å². The van der Waals surface area contributed by atoms with Gasteiger partial charge in [-0.25, -0.2) is 9.78 Å². The van der Waals surface area contributed by atoms with E-state index in [1.165, 1.54) is 24.8 Å². The second-order valence-electron chi connectivity index (χ2n) is 3.61. The molecule has 6 nitrogen and oxygen atoms in total. The van der Waals surface area contributed by atoms with Gasteiger partial charge < -0.3 is 9.84 Å². The number of ether oxygens (including phenoxy) is 1. The predicted octanol–water partition coefficient (Wildman–Crippen LogP) is 2.06. The maximum Gasteiger partial charge on any atom is 0.337 e. The molecule has 0 aliphatic rings. The van der Waals surface area contributed by atoms with Crippen molar-refractivity contribution < 1.29 is 19.0 Å². The number of hydrogen-bond acceptors (Lipinski definition) is 5. The van der Waals surface area contributed by atoms with Gasteiger partial charge in [-0.05, 0) is 12.5 Å². The molecule has 0 aromatic carbocycles. The lowest BCUT2D eigenvalue weighted by Gasteiger charge is -2.07. The molecule has 0 amide bonds. The van der Waals surface area contributed by atoms with E-state index >= 15 is 0 Å². The van der Waals surface area contributed by atoms with Crippen LogP contribution in [-0.4, -0.2) is 26.0 Å². The summed E-state index contributed by atoms with van der Waals surface area (Å²) in [6.07, 6.45) is 4.03. The van der Waals surface area contributed by atoms with Crippen LogP contribution in [0.5, 0.6) is 11.6 Å². The van der Waals surface area contributed by atoms with Crippen LogP contribution in [0.15, 0.2) is 24.8 Å². The lowest BCUT2D eigenvalue weighted by molar-refractivity contribution is 0.0696. The zero-order chi connectivity index (χ0) is 13.8. The zero-order valence-corrected chi connectivity index (χ0v) is 10.00. The summed E-state index contributed by atoms with van der Waals surface area (Å²) in [4.78, 5) is 21.9. The summed E-state index contributed by atoms with van der Waals surface area (Å²) in [5.74, 6) is -1.96. The number of carboxylic acid groups (broad SMARTS) is 1. The van der Waals surface area contributed by atoms with E-state index in [9.17, 15) is 9.18 Å². The molecule has 7 heteroatoms. The van der Waals surface area contributed by atoms with E-state index in [0.29, 0.717) is 6.42 Å². The van der Waals surface area contributed by atoms with Crippen LogP contribution < -0.4 is 4.74 Å². The molecule has 0 spiro atoms. The summed E-state index contributed by atoms with van der Waals surface area (Å²) in [6.45, 7) is 1.75. The molecule has 2 aromatic heterocycles. The first-order valence-electron chi connectivity index (χ1n) is 5.47. The number of hydrogen-bond donors (Lipinski definition) is 1. The van der Waals surface area contributed by atoms with E-state index < -0.39 is 11.8 Å². The standard InChI is InChI=1S/C12H10FN3O3/c1-2-9-10(13)11(16-6-15-9)19-8-3-7(12(17)18)4-14-5-8/h3-6H,2H2,1H3,(H,17,18). The number of aromatic carboxylic acids is 1. The first-order valence-corrected chi connectivity index (χ1v) is 5.47. The van der Waals surface area contributed by atoms with Crippen LogP contribution in [0.2, 0.25) is 0 Å². The highest BCUT2D eigenvalue weighted by Gasteiger charge is 2.13. The smallest absolute Gasteiger partial charge is 0.337 e. The van der Waals surface area contributed by atoms with Gasteiger partial charge in [0.25, 0.3) is 5.88 Å². The van der Waals surface area contributed by atoms with Crippen molar-refractivity contribution in [3.8, 4) is 11.6 Å². The largest absolute Gasteiger partial charge is 0.478 e. The Bertz CT molecular complexity index is 619. The minimum absolute atomic E-state index is 0.0531. The minimum Gasteiger partial charge on any atom is -0.478 e. The van der Waals surface area contributed by atoms with Crippen LogP contribution in [0.1, 0.15) is 23.0 Å². The van der Waals surface area contributed by atoms with E-state index in [0.717, 1.165) is 0 Å². The Kier molecular flexibility index (Phi) is 3.65. The Morgan fingerprint density at radius 2 is 2.21 bits per heavy atom. The third kappa shape index (κ3) is 2.82. The molecule has 2 heterocycles. The number of aromatic nitrogens is 3. The Morgan fingerprint density at radius 3 is 2.89 bits per heavy atom. The second kappa shape index (κ2) is 5.38. The normalized spacial score (nSPS) is 10.2. The second-order valence-corrected chi connectivity index (χ2v) is 3.61. The van der Waals surface area contributed by atoms with Gasteiger partial charge in [0.1, 0.15) is 12.1 Å². The molecular formula is C12H10FN3O3. The van der Waals surface area contributed by atoms with Crippen molar-refractivity contribution in [1.29, 1.82) is 0 Å². The van der Waals surface area contributed by atoms with Gasteiger partial charge in [-0.2, -0.15) is 9.37 Å². The first kappa shape index (κ1) is 12.9. The Balaban J connectivity index is 2.31. The lowest BCUT2D eigenvalue weighted by Crippen LogP contribution is -2.01. The van der Waals surface area contributed by atoms with Gasteiger partial charge in [-0.3, -0.25) is 4.98 Å². The number of pyridine rings is 1. The fraction of sp³-hybridized carbons (Fsp3) is 0.167. The SMILES string of the molecule is CCc1ncnc(Oc2cncc(C(=O)O)c2)c1F. The Labute approximate surface area is 107 Å². The predicted molar refractivity (Wildman–Crippen MR) is 62.6 cm³/mol. The van der Waals surface area contributed by atoms with Crippen molar-refractivity contribution in [1.82, 2.24) is 15.0 Å². The third-order valence-corrected chi connectivity index (χ3v) is 2.34. The van der Waals surface area contributed by atoms with Crippen molar-refractivity contribution in [3.05, 3.63) is 41.9 Å². The van der Waals surface area contributed by atoms with Gasteiger partial charge in [0.15, 0.2) is 0 Å². The van der Waals surface area contributed by atoms with E-state index in [1.807, 2.05) is 0 Å². The van der Waals surface area contributed by atoms with Gasteiger partial charge in [0.05, 0.1) is 17.5 Å². The van der Waals surface area contributed by atoms with Gasteiger partial charge in [0, 0.05) is 6.20 Å². The van der Waals surface area contributed by atoms with Crippen molar-refractivity contribution in [3.63, 3.8) is 0 Å². The van der Waals surface area contributed by atoms with E-state index in [4.69, 9.17) is 9.84 Å². The molecule has 0 saturated carbocycles. The van der Waals surface area contributed by atoms with E-state index in [2.05, 4.69) is 15.0 Å². The lowest BCUT2D eigenvalue weighted by atomic mass is 10.3. The van der Waals surface area contributed by atoms with Crippen molar-refractivity contribution in [2.24, 2.45) is 0 Å². The number of halogens is 1. The molecule has 2 aromatic rings. The molecule has 19 heavy (non-hydrogen) atoms. The molecular weight excluding hydrogens is 253 g/mol. The molecule has 0 unspecified atom stereocenters.